The number of hydrogen-bond acceptors (Lipinski definition) is 4. The van der Waals surface area contributed by atoms with Crippen LogP contribution in [-0.4, -0.2) is 38.7 Å². The van der Waals surface area contributed by atoms with E-state index in [0.29, 0.717) is 6.42 Å². The van der Waals surface area contributed by atoms with Crippen LogP contribution in [0.5, 0.6) is 0 Å². The zero-order valence-corrected chi connectivity index (χ0v) is 12.0. The molecule has 0 unspecified atom stereocenters. The molecule has 5 heteroatoms. The van der Waals surface area contributed by atoms with Crippen LogP contribution in [0.15, 0.2) is 18.2 Å². The van der Waals surface area contributed by atoms with E-state index in [1.807, 2.05) is 25.1 Å². The van der Waals surface area contributed by atoms with E-state index in [1.165, 1.54) is 19.1 Å². The van der Waals surface area contributed by atoms with Crippen molar-refractivity contribution in [3.8, 4) is 0 Å². The molecule has 1 heterocycles. The van der Waals surface area contributed by atoms with Gasteiger partial charge in [-0.25, -0.2) is 4.79 Å². The van der Waals surface area contributed by atoms with Crippen molar-refractivity contribution in [2.24, 2.45) is 0 Å². The molecule has 108 valence electrons. The monoisotopic (exact) mass is 277 g/mol. The number of amides is 1. The minimum absolute atomic E-state index is 0.0543. The number of methoxy groups -OCH3 is 2. The van der Waals surface area contributed by atoms with E-state index in [2.05, 4.69) is 0 Å². The fourth-order valence-corrected chi connectivity index (χ4v) is 2.69. The van der Waals surface area contributed by atoms with Crippen LogP contribution in [-0.2, 0) is 25.5 Å². The van der Waals surface area contributed by atoms with E-state index in [4.69, 9.17) is 9.47 Å². The zero-order valence-electron chi connectivity index (χ0n) is 12.0. The topological polar surface area (TPSA) is 55.8 Å². The summed E-state index contributed by atoms with van der Waals surface area (Å²) in [4.78, 5) is 25.8. The Labute approximate surface area is 118 Å². The SMILES string of the molecule is COCC(=O)N1c2c(C)cccc2CC[C@@H]1C(=O)OC. The number of rotatable bonds is 3. The number of anilines is 1. The Balaban J connectivity index is 2.48. The molecule has 1 aromatic carbocycles. The summed E-state index contributed by atoms with van der Waals surface area (Å²) in [7, 11) is 2.81. The molecule has 5 nitrogen and oxygen atoms in total. The molecule has 0 radical (unpaired) electrons. The van der Waals surface area contributed by atoms with E-state index in [9.17, 15) is 9.59 Å². The van der Waals surface area contributed by atoms with Crippen molar-refractivity contribution in [3.63, 3.8) is 0 Å². The van der Waals surface area contributed by atoms with Gasteiger partial charge in [0, 0.05) is 7.11 Å². The minimum atomic E-state index is -0.573. The highest BCUT2D eigenvalue weighted by Gasteiger charge is 2.36. The summed E-state index contributed by atoms with van der Waals surface area (Å²) in [5.41, 5.74) is 2.87. The first-order valence-electron chi connectivity index (χ1n) is 6.57. The third-order valence-electron chi connectivity index (χ3n) is 3.57. The van der Waals surface area contributed by atoms with Gasteiger partial charge in [-0.3, -0.25) is 9.69 Å². The molecule has 1 aliphatic rings. The third kappa shape index (κ3) is 2.54. The molecule has 0 aliphatic carbocycles. The van der Waals surface area contributed by atoms with Crippen LogP contribution in [0.25, 0.3) is 0 Å². The van der Waals surface area contributed by atoms with Crippen LogP contribution in [0.3, 0.4) is 0 Å². The number of benzene rings is 1. The number of hydrogen-bond donors (Lipinski definition) is 0. The quantitative estimate of drug-likeness (QED) is 0.785. The second-order valence-electron chi connectivity index (χ2n) is 4.86. The summed E-state index contributed by atoms with van der Waals surface area (Å²) >= 11 is 0. The standard InChI is InChI=1S/C15H19NO4/c1-10-5-4-6-11-7-8-12(15(18)20-3)16(14(10)11)13(17)9-19-2/h4-6,12H,7-9H2,1-3H3/t12-/m1/s1. The Kier molecular flexibility index (Phi) is 4.39. The molecule has 0 saturated carbocycles. The summed E-state index contributed by atoms with van der Waals surface area (Å²) in [5, 5.41) is 0. The molecule has 0 aromatic heterocycles. The van der Waals surface area contributed by atoms with Crippen molar-refractivity contribution < 1.29 is 19.1 Å². The molecule has 1 atom stereocenters. The van der Waals surface area contributed by atoms with E-state index >= 15 is 0 Å². The fraction of sp³-hybridized carbons (Fsp3) is 0.467. The van der Waals surface area contributed by atoms with Crippen molar-refractivity contribution in [2.45, 2.75) is 25.8 Å². The van der Waals surface area contributed by atoms with Gasteiger partial charge in [0.05, 0.1) is 12.8 Å². The first kappa shape index (κ1) is 14.5. The fourth-order valence-electron chi connectivity index (χ4n) is 2.69. The largest absolute Gasteiger partial charge is 0.467 e. The Morgan fingerprint density at radius 2 is 2.10 bits per heavy atom. The number of carbonyl (C=O) groups is 2. The normalized spacial score (nSPS) is 17.6. The molecular formula is C15H19NO4. The third-order valence-corrected chi connectivity index (χ3v) is 3.57. The van der Waals surface area contributed by atoms with Crippen LogP contribution in [0.1, 0.15) is 17.5 Å². The van der Waals surface area contributed by atoms with Gasteiger partial charge in [-0.1, -0.05) is 18.2 Å². The van der Waals surface area contributed by atoms with Gasteiger partial charge >= 0.3 is 5.97 Å². The lowest BCUT2D eigenvalue weighted by Crippen LogP contribution is -2.50. The number of fused-ring (bicyclic) bond motifs is 1. The number of carbonyl (C=O) groups excluding carboxylic acids is 2. The van der Waals surface area contributed by atoms with Crippen LogP contribution in [0, 0.1) is 6.92 Å². The maximum absolute atomic E-state index is 12.3. The summed E-state index contributed by atoms with van der Waals surface area (Å²) < 4.78 is 9.76. The number of esters is 1. The highest BCUT2D eigenvalue weighted by atomic mass is 16.5. The van der Waals surface area contributed by atoms with Crippen LogP contribution >= 0.6 is 0 Å². The predicted octanol–water partition coefficient (Wildman–Crippen LogP) is 1.46. The number of ether oxygens (including phenoxy) is 2. The molecule has 0 spiro atoms. The first-order valence-corrected chi connectivity index (χ1v) is 6.57. The van der Waals surface area contributed by atoms with Gasteiger partial charge in [-0.2, -0.15) is 0 Å². The van der Waals surface area contributed by atoms with Crippen LogP contribution in [0.2, 0.25) is 0 Å². The molecule has 2 rings (SSSR count). The lowest BCUT2D eigenvalue weighted by molar-refractivity contribution is -0.144. The van der Waals surface area contributed by atoms with Crippen molar-refractivity contribution in [3.05, 3.63) is 29.3 Å². The average Bonchev–Trinajstić information content (AvgIpc) is 2.46. The lowest BCUT2D eigenvalue weighted by atomic mass is 9.93. The molecule has 1 aliphatic heterocycles. The van der Waals surface area contributed by atoms with Crippen molar-refractivity contribution in [1.82, 2.24) is 0 Å². The average molecular weight is 277 g/mol. The second kappa shape index (κ2) is 6.05. The highest BCUT2D eigenvalue weighted by molar-refractivity contribution is 6.02. The van der Waals surface area contributed by atoms with Crippen LogP contribution in [0.4, 0.5) is 5.69 Å². The zero-order chi connectivity index (χ0) is 14.7. The summed E-state index contributed by atoms with van der Waals surface area (Å²) in [5.74, 6) is -0.610. The van der Waals surface area contributed by atoms with Crippen molar-refractivity contribution >= 4 is 17.6 Å². The Hall–Kier alpha value is -1.88. The van der Waals surface area contributed by atoms with E-state index < -0.39 is 6.04 Å². The Morgan fingerprint density at radius 1 is 1.35 bits per heavy atom. The van der Waals surface area contributed by atoms with Gasteiger partial charge in [-0.15, -0.1) is 0 Å². The van der Waals surface area contributed by atoms with E-state index in [-0.39, 0.29) is 18.5 Å². The number of nitrogens with zero attached hydrogens (tertiary/aromatic N) is 1. The molecular weight excluding hydrogens is 258 g/mol. The maximum atomic E-state index is 12.3. The predicted molar refractivity (Wildman–Crippen MR) is 74.7 cm³/mol. The lowest BCUT2D eigenvalue weighted by Gasteiger charge is -2.36. The first-order chi connectivity index (χ1) is 9.60. The van der Waals surface area contributed by atoms with Gasteiger partial charge in [-0.05, 0) is 30.9 Å². The van der Waals surface area contributed by atoms with Gasteiger partial charge < -0.3 is 9.47 Å². The Morgan fingerprint density at radius 3 is 2.75 bits per heavy atom. The second-order valence-corrected chi connectivity index (χ2v) is 4.86. The van der Waals surface area contributed by atoms with Crippen LogP contribution < -0.4 is 4.90 Å². The van der Waals surface area contributed by atoms with Gasteiger partial charge in [0.1, 0.15) is 12.6 Å². The summed E-state index contributed by atoms with van der Waals surface area (Å²) in [6.45, 7) is 1.88. The number of para-hydroxylation sites is 1. The molecule has 0 N–H and O–H groups in total. The van der Waals surface area contributed by atoms with E-state index in [1.54, 1.807) is 0 Å². The number of aryl methyl sites for hydroxylation is 2. The highest BCUT2D eigenvalue weighted by Crippen LogP contribution is 2.34. The maximum Gasteiger partial charge on any atom is 0.328 e. The summed E-state index contributed by atoms with van der Waals surface area (Å²) in [6, 6.07) is 5.32. The molecule has 0 saturated heterocycles. The van der Waals surface area contributed by atoms with E-state index in [0.717, 1.165) is 23.2 Å². The smallest absolute Gasteiger partial charge is 0.328 e. The van der Waals surface area contributed by atoms with Gasteiger partial charge in [0.25, 0.3) is 5.91 Å². The molecule has 1 aromatic rings. The molecule has 1 amide bonds. The molecule has 0 fully saturated rings. The molecule has 20 heavy (non-hydrogen) atoms. The van der Waals surface area contributed by atoms with Gasteiger partial charge in [0.2, 0.25) is 0 Å². The minimum Gasteiger partial charge on any atom is -0.467 e. The molecule has 0 bridgehead atoms. The summed E-state index contributed by atoms with van der Waals surface area (Å²) in [6.07, 6.45) is 1.33. The van der Waals surface area contributed by atoms with Crippen molar-refractivity contribution in [1.29, 1.82) is 0 Å². The Bertz CT molecular complexity index is 527. The van der Waals surface area contributed by atoms with Gasteiger partial charge in [0.15, 0.2) is 0 Å². The van der Waals surface area contributed by atoms with Crippen molar-refractivity contribution in [2.75, 3.05) is 25.7 Å².